The first-order chi connectivity index (χ1) is 17.9. The van der Waals surface area contributed by atoms with Gasteiger partial charge in [0.05, 0.1) is 36.2 Å². The fourth-order valence-electron chi connectivity index (χ4n) is 4.67. The average Bonchev–Trinajstić information content (AvgIpc) is 3.05. The monoisotopic (exact) mass is 522 g/mol. The summed E-state index contributed by atoms with van der Waals surface area (Å²) in [5.41, 5.74) is 3.72. The fraction of sp³-hybridized carbons (Fsp3) is 0.333. The Morgan fingerprint density at radius 2 is 1.95 bits per heavy atom. The number of anilines is 4. The lowest BCUT2D eigenvalue weighted by atomic mass is 9.90. The number of likely N-dealkylation sites (N-methyl/N-ethyl adjacent to an activating group) is 1. The molecule has 194 valence electrons. The smallest absolute Gasteiger partial charge is 0.253 e. The first kappa shape index (κ1) is 26.2. The number of aromatic nitrogens is 2. The van der Waals surface area contributed by atoms with Gasteiger partial charge < -0.3 is 25.6 Å². The largest absolute Gasteiger partial charge is 0.494 e. The number of carbonyl (C=O) groups is 2. The van der Waals surface area contributed by atoms with E-state index in [9.17, 15) is 9.59 Å². The molecule has 10 heteroatoms. The van der Waals surface area contributed by atoms with Gasteiger partial charge in [0.1, 0.15) is 10.8 Å². The first-order valence-electron chi connectivity index (χ1n) is 12.3. The number of rotatable bonds is 8. The quantitative estimate of drug-likeness (QED) is 0.386. The summed E-state index contributed by atoms with van der Waals surface area (Å²) < 4.78 is 5.84. The minimum atomic E-state index is -0.230. The molecule has 1 aliphatic heterocycles. The van der Waals surface area contributed by atoms with Crippen molar-refractivity contribution < 1.29 is 14.3 Å². The number of nitrogens with one attached hydrogen (secondary N) is 3. The van der Waals surface area contributed by atoms with Crippen LogP contribution in [0.1, 0.15) is 47.7 Å². The van der Waals surface area contributed by atoms with E-state index in [4.69, 9.17) is 16.3 Å². The van der Waals surface area contributed by atoms with Crippen LogP contribution in [0, 0.1) is 0 Å². The molecule has 4 rings (SSSR count). The normalized spacial score (nSPS) is 15.0. The summed E-state index contributed by atoms with van der Waals surface area (Å²) in [4.78, 5) is 36.1. The van der Waals surface area contributed by atoms with E-state index >= 15 is 0 Å². The van der Waals surface area contributed by atoms with Crippen LogP contribution in [0.2, 0.25) is 5.02 Å². The number of hydrogen-bond acceptors (Lipinski definition) is 7. The Labute approximate surface area is 221 Å². The van der Waals surface area contributed by atoms with Crippen LogP contribution in [-0.2, 0) is 11.2 Å². The van der Waals surface area contributed by atoms with Crippen LogP contribution < -0.4 is 20.7 Å². The molecule has 3 aromatic rings. The van der Waals surface area contributed by atoms with E-state index in [-0.39, 0.29) is 17.7 Å². The molecular weight excluding hydrogens is 492 g/mol. The van der Waals surface area contributed by atoms with Gasteiger partial charge >= 0.3 is 0 Å². The van der Waals surface area contributed by atoms with Crippen molar-refractivity contribution >= 4 is 46.6 Å². The number of benzene rings is 2. The summed E-state index contributed by atoms with van der Waals surface area (Å²) in [6, 6.07) is 11.0. The molecular formula is C27H31ClN6O3. The molecule has 0 spiro atoms. The summed E-state index contributed by atoms with van der Waals surface area (Å²) >= 11 is 6.38. The van der Waals surface area contributed by atoms with Gasteiger partial charge in [0.15, 0.2) is 5.82 Å². The molecule has 0 saturated heterocycles. The molecule has 0 fully saturated rings. The Morgan fingerprint density at radius 3 is 2.65 bits per heavy atom. The van der Waals surface area contributed by atoms with Crippen molar-refractivity contribution in [2.24, 2.45) is 0 Å². The lowest BCUT2D eigenvalue weighted by Gasteiger charge is -2.22. The SMILES string of the molecule is CCC1C(=O)N(CC)CCc2c1ccc(Nc1ncc(Cl)c(Nc3ccccc3C(=O)NC)n1)c2OC. The molecule has 0 radical (unpaired) electrons. The van der Waals surface area contributed by atoms with Crippen molar-refractivity contribution in [1.29, 1.82) is 0 Å². The molecule has 0 saturated carbocycles. The number of fused-ring (bicyclic) bond motifs is 1. The molecule has 2 aromatic carbocycles. The summed E-state index contributed by atoms with van der Waals surface area (Å²) in [6.07, 6.45) is 2.89. The van der Waals surface area contributed by atoms with Crippen molar-refractivity contribution in [2.45, 2.75) is 32.6 Å². The zero-order chi connectivity index (χ0) is 26.5. The van der Waals surface area contributed by atoms with Crippen LogP contribution in [0.4, 0.5) is 23.1 Å². The molecule has 1 aromatic heterocycles. The third kappa shape index (κ3) is 5.32. The molecule has 37 heavy (non-hydrogen) atoms. The Morgan fingerprint density at radius 1 is 1.16 bits per heavy atom. The number of amides is 2. The second-order valence-corrected chi connectivity index (χ2v) is 9.01. The summed E-state index contributed by atoms with van der Waals surface area (Å²) in [6.45, 7) is 5.34. The molecule has 1 unspecified atom stereocenters. The van der Waals surface area contributed by atoms with Crippen LogP contribution >= 0.6 is 11.6 Å². The van der Waals surface area contributed by atoms with E-state index < -0.39 is 0 Å². The maximum absolute atomic E-state index is 13.1. The third-order valence-corrected chi connectivity index (χ3v) is 6.83. The Bertz CT molecular complexity index is 1320. The van der Waals surface area contributed by atoms with E-state index in [1.807, 2.05) is 36.9 Å². The van der Waals surface area contributed by atoms with Gasteiger partial charge in [0.25, 0.3) is 5.91 Å². The number of carbonyl (C=O) groups excluding carboxylic acids is 2. The molecule has 9 nitrogen and oxygen atoms in total. The molecule has 1 aliphatic rings. The Kier molecular flexibility index (Phi) is 8.13. The number of para-hydroxylation sites is 1. The lowest BCUT2D eigenvalue weighted by molar-refractivity contribution is -0.132. The van der Waals surface area contributed by atoms with Gasteiger partial charge in [-0.25, -0.2) is 4.98 Å². The summed E-state index contributed by atoms with van der Waals surface area (Å²) in [5, 5.41) is 9.31. The second-order valence-electron chi connectivity index (χ2n) is 8.61. The van der Waals surface area contributed by atoms with Gasteiger partial charge in [-0.1, -0.05) is 36.7 Å². The molecule has 0 aliphatic carbocycles. The number of nitrogens with zero attached hydrogens (tertiary/aromatic N) is 3. The van der Waals surface area contributed by atoms with Gasteiger partial charge in [-0.3, -0.25) is 9.59 Å². The molecule has 2 amide bonds. The highest BCUT2D eigenvalue weighted by atomic mass is 35.5. The highest BCUT2D eigenvalue weighted by Gasteiger charge is 2.31. The van der Waals surface area contributed by atoms with E-state index in [2.05, 4.69) is 25.9 Å². The second kappa shape index (κ2) is 11.5. The van der Waals surface area contributed by atoms with Gasteiger partial charge in [-0.2, -0.15) is 4.98 Å². The maximum atomic E-state index is 13.1. The highest BCUT2D eigenvalue weighted by molar-refractivity contribution is 6.33. The van der Waals surface area contributed by atoms with Crippen molar-refractivity contribution in [3.05, 3.63) is 64.3 Å². The van der Waals surface area contributed by atoms with E-state index in [0.29, 0.717) is 65.4 Å². The van der Waals surface area contributed by atoms with Gasteiger partial charge in [-0.05, 0) is 43.5 Å². The van der Waals surface area contributed by atoms with Crippen LogP contribution in [0.3, 0.4) is 0 Å². The summed E-state index contributed by atoms with van der Waals surface area (Å²) in [5.74, 6) is 1.03. The van der Waals surface area contributed by atoms with Gasteiger partial charge in [0, 0.05) is 25.7 Å². The Hall–Kier alpha value is -3.85. The molecule has 3 N–H and O–H groups in total. The van der Waals surface area contributed by atoms with Crippen LogP contribution in [0.5, 0.6) is 5.75 Å². The third-order valence-electron chi connectivity index (χ3n) is 6.55. The van der Waals surface area contributed by atoms with Crippen LogP contribution in [0.15, 0.2) is 42.6 Å². The highest BCUT2D eigenvalue weighted by Crippen LogP contribution is 2.40. The van der Waals surface area contributed by atoms with Gasteiger partial charge in [-0.15, -0.1) is 0 Å². The minimum absolute atomic E-state index is 0.153. The zero-order valence-electron chi connectivity index (χ0n) is 21.4. The Balaban J connectivity index is 1.67. The number of halogens is 1. The van der Waals surface area contributed by atoms with Crippen molar-refractivity contribution in [3.63, 3.8) is 0 Å². The van der Waals surface area contributed by atoms with Crippen molar-refractivity contribution in [2.75, 3.05) is 37.9 Å². The van der Waals surface area contributed by atoms with E-state index in [0.717, 1.165) is 11.1 Å². The number of hydrogen-bond donors (Lipinski definition) is 3. The molecule has 2 heterocycles. The predicted octanol–water partition coefficient (Wildman–Crippen LogP) is 4.88. The van der Waals surface area contributed by atoms with Gasteiger partial charge in [0.2, 0.25) is 11.9 Å². The maximum Gasteiger partial charge on any atom is 0.253 e. The number of ether oxygens (including phenoxy) is 1. The topological polar surface area (TPSA) is 108 Å². The average molecular weight is 523 g/mol. The van der Waals surface area contributed by atoms with E-state index in [1.165, 1.54) is 6.20 Å². The fourth-order valence-corrected chi connectivity index (χ4v) is 4.80. The van der Waals surface area contributed by atoms with Crippen LogP contribution in [0.25, 0.3) is 0 Å². The predicted molar refractivity (Wildman–Crippen MR) is 145 cm³/mol. The summed E-state index contributed by atoms with van der Waals surface area (Å²) in [7, 11) is 3.20. The standard InChI is InChI=1S/C27H31ClN6O3/c1-5-16-17-11-12-22(23(37-4)18(17)13-14-34(6-2)26(16)36)32-27-30-15-20(28)24(33-27)31-21-10-8-7-9-19(21)25(35)29-3/h7-12,15-16H,5-6,13-14H2,1-4H3,(H,29,35)(H2,30,31,32,33). The van der Waals surface area contributed by atoms with Crippen molar-refractivity contribution in [3.8, 4) is 5.75 Å². The lowest BCUT2D eigenvalue weighted by Crippen LogP contribution is -2.34. The molecule has 0 bridgehead atoms. The minimum Gasteiger partial charge on any atom is -0.494 e. The van der Waals surface area contributed by atoms with Crippen molar-refractivity contribution in [1.82, 2.24) is 20.2 Å². The number of methoxy groups -OCH3 is 1. The molecule has 1 atom stereocenters. The zero-order valence-corrected chi connectivity index (χ0v) is 22.1. The van der Waals surface area contributed by atoms with Crippen LogP contribution in [-0.4, -0.2) is 53.9 Å². The van der Waals surface area contributed by atoms with E-state index in [1.54, 1.807) is 32.4 Å². The first-order valence-corrected chi connectivity index (χ1v) is 12.7.